The molecule has 8 nitrogen and oxygen atoms in total. The molecule has 9 heteroatoms. The molecule has 174 valence electrons. The monoisotopic (exact) mass is 463 g/mol. The van der Waals surface area contributed by atoms with Crippen molar-refractivity contribution in [1.82, 2.24) is 4.31 Å². The molecule has 0 amide bonds. The molecular weight excluding hydrogens is 434 g/mol. The van der Waals surface area contributed by atoms with Gasteiger partial charge in [0, 0.05) is 13.1 Å². The molecule has 2 aromatic rings. The number of ether oxygens (including phenoxy) is 4. The first-order valence-corrected chi connectivity index (χ1v) is 12.0. The van der Waals surface area contributed by atoms with Gasteiger partial charge in [-0.2, -0.15) is 4.31 Å². The number of sulfonamides is 1. The lowest BCUT2D eigenvalue weighted by Crippen LogP contribution is -2.40. The molecule has 0 bridgehead atoms. The van der Waals surface area contributed by atoms with Crippen LogP contribution in [0.5, 0.6) is 11.5 Å². The minimum atomic E-state index is -3.62. The van der Waals surface area contributed by atoms with Gasteiger partial charge in [-0.1, -0.05) is 25.5 Å². The van der Waals surface area contributed by atoms with Gasteiger partial charge in [0.2, 0.25) is 10.0 Å². The fourth-order valence-corrected chi connectivity index (χ4v) is 4.68. The number of rotatable bonds is 10. The normalized spacial score (nSPS) is 14.7. The first-order valence-electron chi connectivity index (χ1n) is 10.6. The number of carbonyl (C=O) groups excluding carboxylic acids is 1. The van der Waals surface area contributed by atoms with Crippen molar-refractivity contribution in [3.05, 3.63) is 53.6 Å². The van der Waals surface area contributed by atoms with Gasteiger partial charge in [0.15, 0.2) is 11.5 Å². The van der Waals surface area contributed by atoms with E-state index in [0.717, 1.165) is 12.8 Å². The zero-order valence-electron chi connectivity index (χ0n) is 18.4. The Bertz CT molecular complexity index is 1020. The molecular formula is C23H29NO7S. The van der Waals surface area contributed by atoms with E-state index in [1.54, 1.807) is 30.3 Å². The van der Waals surface area contributed by atoms with Crippen LogP contribution in [0.4, 0.5) is 0 Å². The molecule has 1 fully saturated rings. The van der Waals surface area contributed by atoms with Crippen molar-refractivity contribution in [3.63, 3.8) is 0 Å². The van der Waals surface area contributed by atoms with Gasteiger partial charge in [0.25, 0.3) is 0 Å². The maximum absolute atomic E-state index is 12.8. The molecule has 0 spiro atoms. The second-order valence-electron chi connectivity index (χ2n) is 7.31. The van der Waals surface area contributed by atoms with E-state index in [1.165, 1.54) is 23.5 Å². The summed E-state index contributed by atoms with van der Waals surface area (Å²) >= 11 is 0. The number of esters is 1. The number of unbranched alkanes of at least 4 members (excludes halogenated alkanes) is 1. The van der Waals surface area contributed by atoms with E-state index in [1.807, 2.05) is 0 Å². The maximum atomic E-state index is 12.8. The number of carbonyl (C=O) groups is 1. The zero-order chi connectivity index (χ0) is 23.0. The Labute approximate surface area is 189 Å². The molecule has 2 aromatic carbocycles. The Kier molecular flexibility index (Phi) is 8.49. The Morgan fingerprint density at radius 3 is 2.59 bits per heavy atom. The van der Waals surface area contributed by atoms with Crippen LogP contribution in [-0.2, 0) is 26.1 Å². The van der Waals surface area contributed by atoms with Crippen LogP contribution < -0.4 is 9.47 Å². The zero-order valence-corrected chi connectivity index (χ0v) is 19.2. The largest absolute Gasteiger partial charge is 0.493 e. The van der Waals surface area contributed by atoms with Crippen molar-refractivity contribution >= 4 is 16.0 Å². The molecule has 0 unspecified atom stereocenters. The summed E-state index contributed by atoms with van der Waals surface area (Å²) in [5.41, 5.74) is 0.904. The summed E-state index contributed by atoms with van der Waals surface area (Å²) in [6.07, 6.45) is 1.94. The van der Waals surface area contributed by atoms with E-state index in [-0.39, 0.29) is 11.5 Å². The van der Waals surface area contributed by atoms with Gasteiger partial charge in [-0.15, -0.1) is 0 Å². The summed E-state index contributed by atoms with van der Waals surface area (Å²) < 4.78 is 48.7. The predicted octanol–water partition coefficient (Wildman–Crippen LogP) is 3.25. The van der Waals surface area contributed by atoms with E-state index in [4.69, 9.17) is 18.9 Å². The number of morpholine rings is 1. The lowest BCUT2D eigenvalue weighted by atomic mass is 10.2. The van der Waals surface area contributed by atoms with E-state index in [2.05, 4.69) is 6.92 Å². The van der Waals surface area contributed by atoms with Gasteiger partial charge in [-0.3, -0.25) is 0 Å². The van der Waals surface area contributed by atoms with Crippen LogP contribution in [0.1, 0.15) is 35.7 Å². The fraction of sp³-hybridized carbons (Fsp3) is 0.435. The summed E-state index contributed by atoms with van der Waals surface area (Å²) in [5, 5.41) is 0. The molecule has 1 saturated heterocycles. The molecule has 3 rings (SSSR count). The first-order chi connectivity index (χ1) is 15.5. The van der Waals surface area contributed by atoms with Gasteiger partial charge in [-0.25, -0.2) is 13.2 Å². The van der Waals surface area contributed by atoms with Gasteiger partial charge in [0.1, 0.15) is 6.61 Å². The van der Waals surface area contributed by atoms with Crippen LogP contribution in [0.2, 0.25) is 0 Å². The maximum Gasteiger partial charge on any atom is 0.338 e. The third kappa shape index (κ3) is 5.99. The topological polar surface area (TPSA) is 91.4 Å². The summed E-state index contributed by atoms with van der Waals surface area (Å²) in [5.74, 6) is 0.484. The molecule has 32 heavy (non-hydrogen) atoms. The average Bonchev–Trinajstić information content (AvgIpc) is 2.83. The van der Waals surface area contributed by atoms with Crippen molar-refractivity contribution in [3.8, 4) is 11.5 Å². The van der Waals surface area contributed by atoms with Crippen molar-refractivity contribution in [2.45, 2.75) is 31.3 Å². The smallest absolute Gasteiger partial charge is 0.338 e. The first kappa shape index (κ1) is 24.0. The summed E-state index contributed by atoms with van der Waals surface area (Å²) in [7, 11) is -2.10. The Hall–Kier alpha value is -2.62. The average molecular weight is 464 g/mol. The van der Waals surface area contributed by atoms with Crippen LogP contribution in [0.3, 0.4) is 0 Å². The molecule has 0 aromatic heterocycles. The Morgan fingerprint density at radius 1 is 1.09 bits per heavy atom. The molecule has 0 saturated carbocycles. The summed E-state index contributed by atoms with van der Waals surface area (Å²) in [6, 6.07) is 11.3. The van der Waals surface area contributed by atoms with E-state index < -0.39 is 16.0 Å². The second kappa shape index (κ2) is 11.3. The molecule has 0 atom stereocenters. The Balaban J connectivity index is 1.65. The number of benzene rings is 2. The number of hydrogen-bond acceptors (Lipinski definition) is 7. The van der Waals surface area contributed by atoms with Crippen LogP contribution in [-0.4, -0.2) is 58.7 Å². The molecule has 1 aliphatic heterocycles. The molecule has 1 heterocycles. The van der Waals surface area contributed by atoms with Crippen molar-refractivity contribution < 1.29 is 32.2 Å². The molecule has 0 radical (unpaired) electrons. The molecule has 1 aliphatic rings. The lowest BCUT2D eigenvalue weighted by Gasteiger charge is -2.26. The number of hydrogen-bond donors (Lipinski definition) is 0. The fourth-order valence-electron chi connectivity index (χ4n) is 3.20. The highest BCUT2D eigenvalue weighted by atomic mass is 32.2. The van der Waals surface area contributed by atoms with E-state index in [9.17, 15) is 13.2 Å². The van der Waals surface area contributed by atoms with E-state index in [0.29, 0.717) is 55.5 Å². The third-order valence-corrected chi connectivity index (χ3v) is 6.93. The molecule has 0 N–H and O–H groups in total. The van der Waals surface area contributed by atoms with Gasteiger partial charge >= 0.3 is 5.97 Å². The SMILES string of the molecule is CCCCOc1ccc(C(=O)OCc2cccc(S(=O)(=O)N3CCOCC3)c2)cc1OC. The Morgan fingerprint density at radius 2 is 1.88 bits per heavy atom. The van der Waals surface area contributed by atoms with Crippen LogP contribution in [0, 0.1) is 0 Å². The van der Waals surface area contributed by atoms with Crippen LogP contribution in [0.15, 0.2) is 47.4 Å². The number of nitrogens with zero attached hydrogens (tertiary/aromatic N) is 1. The van der Waals surface area contributed by atoms with Gasteiger partial charge < -0.3 is 18.9 Å². The van der Waals surface area contributed by atoms with Crippen LogP contribution in [0.25, 0.3) is 0 Å². The third-order valence-electron chi connectivity index (χ3n) is 5.03. The minimum absolute atomic E-state index is 0.0532. The predicted molar refractivity (Wildman–Crippen MR) is 119 cm³/mol. The highest BCUT2D eigenvalue weighted by Gasteiger charge is 2.26. The van der Waals surface area contributed by atoms with E-state index >= 15 is 0 Å². The van der Waals surface area contributed by atoms with Crippen molar-refractivity contribution in [2.24, 2.45) is 0 Å². The lowest BCUT2D eigenvalue weighted by molar-refractivity contribution is 0.0472. The van der Waals surface area contributed by atoms with Crippen molar-refractivity contribution in [2.75, 3.05) is 40.0 Å². The van der Waals surface area contributed by atoms with Gasteiger partial charge in [0.05, 0.1) is 37.4 Å². The van der Waals surface area contributed by atoms with Crippen molar-refractivity contribution in [1.29, 1.82) is 0 Å². The second-order valence-corrected chi connectivity index (χ2v) is 9.25. The molecule has 0 aliphatic carbocycles. The quantitative estimate of drug-likeness (QED) is 0.395. The standard InChI is InChI=1S/C23H29NO7S/c1-3-4-12-30-21-9-8-19(16-22(21)28-2)23(25)31-17-18-6-5-7-20(15-18)32(26,27)24-10-13-29-14-11-24/h5-9,15-16H,3-4,10-14,17H2,1-2H3. The minimum Gasteiger partial charge on any atom is -0.493 e. The number of methoxy groups -OCH3 is 1. The van der Waals surface area contributed by atoms with Gasteiger partial charge in [-0.05, 0) is 42.3 Å². The summed E-state index contributed by atoms with van der Waals surface area (Å²) in [6.45, 7) is 3.99. The highest BCUT2D eigenvalue weighted by Crippen LogP contribution is 2.29. The van der Waals surface area contributed by atoms with Crippen LogP contribution >= 0.6 is 0 Å². The summed E-state index contributed by atoms with van der Waals surface area (Å²) in [4.78, 5) is 12.7. The highest BCUT2D eigenvalue weighted by molar-refractivity contribution is 7.89.